The summed E-state index contributed by atoms with van der Waals surface area (Å²) in [6.45, 7) is 3.25. The fourth-order valence-corrected chi connectivity index (χ4v) is 3.02. The topological polar surface area (TPSA) is 66.4 Å². The molecule has 0 N–H and O–H groups in total. The Labute approximate surface area is 165 Å². The molecule has 0 heterocycles. The molecule has 25 heavy (non-hydrogen) atoms. The second kappa shape index (κ2) is 23.6. The van der Waals surface area contributed by atoms with Crippen LogP contribution in [0.5, 0.6) is 0 Å². The van der Waals surface area contributed by atoms with Crippen molar-refractivity contribution in [2.45, 2.75) is 117 Å². The molecule has 0 aliphatic rings. The first-order valence-electron chi connectivity index (χ1n) is 10.2. The van der Waals surface area contributed by atoms with Crippen LogP contribution in [-0.4, -0.2) is 11.9 Å². The average molecular weight is 408 g/mol. The van der Waals surface area contributed by atoms with Crippen LogP contribution in [0.15, 0.2) is 0 Å². The molecule has 0 amide bonds. The predicted molar refractivity (Wildman–Crippen MR) is 96.3 cm³/mol. The molecule has 0 aromatic heterocycles. The quantitative estimate of drug-likeness (QED) is 0.266. The van der Waals surface area contributed by atoms with Gasteiger partial charge in [0.05, 0.1) is 0 Å². The zero-order chi connectivity index (χ0) is 19.2. The summed E-state index contributed by atoms with van der Waals surface area (Å²) in [5.41, 5.74) is 0. The van der Waals surface area contributed by atoms with E-state index in [1.807, 2.05) is 0 Å². The van der Waals surface area contributed by atoms with Crippen molar-refractivity contribution in [3.05, 3.63) is 0 Å². The second-order valence-corrected chi connectivity index (χ2v) is 7.31. The molecular weight excluding hydrogens is 370 g/mol. The molecule has 0 saturated heterocycles. The molecule has 0 aromatic carbocycles. The molecule has 4 nitrogen and oxygen atoms in total. The predicted octanol–water partition coefficient (Wildman–Crippen LogP) is 5.01. The Morgan fingerprint density at radius 1 is 0.720 bits per heavy atom. The minimum absolute atomic E-state index is 0.00954. The van der Waals surface area contributed by atoms with E-state index in [-0.39, 0.29) is 5.97 Å². The maximum absolute atomic E-state index is 11.0. The van der Waals surface area contributed by atoms with E-state index in [0.29, 0.717) is 25.1 Å². The van der Waals surface area contributed by atoms with Crippen molar-refractivity contribution < 1.29 is 36.9 Å². The molecular formula is C20H38O4Zn. The van der Waals surface area contributed by atoms with Gasteiger partial charge in [-0.1, -0.05) is 45.4 Å². The van der Waals surface area contributed by atoms with E-state index >= 15 is 0 Å². The van der Waals surface area contributed by atoms with Crippen molar-refractivity contribution in [1.29, 1.82) is 0 Å². The van der Waals surface area contributed by atoms with E-state index in [2.05, 4.69) is 6.92 Å². The molecule has 0 fully saturated rings. The summed E-state index contributed by atoms with van der Waals surface area (Å²) in [5, 5.41) is 8.89. The number of carboxylic acid groups (broad SMARTS) is 1. The molecule has 0 saturated carbocycles. The Morgan fingerprint density at radius 2 is 1.00 bits per heavy atom. The third kappa shape index (κ3) is 31.8. The van der Waals surface area contributed by atoms with Crippen molar-refractivity contribution >= 4 is 11.9 Å². The molecule has 144 valence electrons. The van der Waals surface area contributed by atoms with Crippen LogP contribution in [-0.2, 0) is 31.8 Å². The monoisotopic (exact) mass is 406 g/mol. The van der Waals surface area contributed by atoms with E-state index in [1.54, 1.807) is 0 Å². The number of rotatable bonds is 16. The van der Waals surface area contributed by atoms with Gasteiger partial charge in [0, 0.05) is 5.97 Å². The first kappa shape index (κ1) is 26.8. The number of unbranched alkanes of at least 4 members (excludes halogenated alkanes) is 14. The van der Waals surface area contributed by atoms with Crippen molar-refractivity contribution in [3.8, 4) is 0 Å². The molecule has 0 atom stereocenters. The Bertz CT molecular complexity index is 291. The van der Waals surface area contributed by atoms with Gasteiger partial charge < -0.3 is 9.90 Å². The van der Waals surface area contributed by atoms with Crippen molar-refractivity contribution in [2.24, 2.45) is 0 Å². The third-order valence-corrected chi connectivity index (χ3v) is 4.82. The zero-order valence-electron chi connectivity index (χ0n) is 16.7. The molecule has 0 aliphatic heterocycles. The van der Waals surface area contributed by atoms with Gasteiger partial charge in [0.15, 0.2) is 0 Å². The molecule has 0 rings (SSSR count). The molecule has 0 bridgehead atoms. The van der Waals surface area contributed by atoms with Gasteiger partial charge >= 0.3 is 97.2 Å². The SMILES string of the molecule is CC(=O)[O-].CCCCCCCCCCCCCCCCCC(=O)[O][Zn+]. The summed E-state index contributed by atoms with van der Waals surface area (Å²) in [4.78, 5) is 19.8. The summed E-state index contributed by atoms with van der Waals surface area (Å²) < 4.78 is 4.76. The third-order valence-electron chi connectivity index (χ3n) is 4.15. The van der Waals surface area contributed by atoms with Crippen LogP contribution in [0, 0.1) is 0 Å². The Balaban J connectivity index is 0. The minimum atomic E-state index is -1.08. The summed E-state index contributed by atoms with van der Waals surface area (Å²) in [7, 11) is 0. The van der Waals surface area contributed by atoms with Crippen LogP contribution >= 0.6 is 0 Å². The van der Waals surface area contributed by atoms with Crippen LogP contribution in [0.1, 0.15) is 117 Å². The standard InChI is InChI=1S/C18H36O2.C2H4O2.Zn/c1-2-3-4-5-6-7-8-9-10-11-12-13-14-15-16-17-18(19)20;1-2(3)4;/h2-17H2,1H3,(H,19,20);1H3,(H,3,4);/q;;+2/p-2. The van der Waals surface area contributed by atoms with Gasteiger partial charge in [0.2, 0.25) is 0 Å². The number of carbonyl (C=O) groups excluding carboxylic acids is 2. The molecule has 0 spiro atoms. The van der Waals surface area contributed by atoms with Crippen molar-refractivity contribution in [1.82, 2.24) is 0 Å². The summed E-state index contributed by atoms with van der Waals surface area (Å²) >= 11 is 0.636. The first-order valence-corrected chi connectivity index (χ1v) is 11.4. The molecule has 0 aliphatic carbocycles. The van der Waals surface area contributed by atoms with Gasteiger partial charge in [-0.15, -0.1) is 0 Å². The van der Waals surface area contributed by atoms with E-state index in [4.69, 9.17) is 13.5 Å². The van der Waals surface area contributed by atoms with Crippen LogP contribution in [0.4, 0.5) is 0 Å². The van der Waals surface area contributed by atoms with E-state index in [1.165, 1.54) is 89.9 Å². The van der Waals surface area contributed by atoms with Crippen LogP contribution in [0.3, 0.4) is 0 Å². The number of carbonyl (C=O) groups is 2. The van der Waals surface area contributed by atoms with Gasteiger partial charge in [0.1, 0.15) is 0 Å². The van der Waals surface area contributed by atoms with Gasteiger partial charge in [-0.05, 0) is 6.92 Å². The Morgan fingerprint density at radius 3 is 1.28 bits per heavy atom. The molecule has 0 aromatic rings. The van der Waals surface area contributed by atoms with Gasteiger partial charge in [-0.25, -0.2) is 0 Å². The van der Waals surface area contributed by atoms with Crippen molar-refractivity contribution in [3.63, 3.8) is 0 Å². The molecule has 0 radical (unpaired) electrons. The molecule has 0 unspecified atom stereocenters. The first-order chi connectivity index (χ1) is 12.0. The van der Waals surface area contributed by atoms with Gasteiger partial charge in [0.25, 0.3) is 0 Å². The summed E-state index contributed by atoms with van der Waals surface area (Å²) in [6.07, 6.45) is 21.1. The Kier molecular flexibility index (Phi) is 25.2. The van der Waals surface area contributed by atoms with Crippen LogP contribution in [0.25, 0.3) is 0 Å². The van der Waals surface area contributed by atoms with E-state index in [9.17, 15) is 4.79 Å². The number of carboxylic acids is 1. The second-order valence-electron chi connectivity index (χ2n) is 6.71. The Hall–Kier alpha value is -0.437. The fourth-order valence-electron chi connectivity index (χ4n) is 2.71. The zero-order valence-corrected chi connectivity index (χ0v) is 19.6. The number of hydrogen-bond donors (Lipinski definition) is 0. The van der Waals surface area contributed by atoms with Gasteiger partial charge in [-0.3, -0.25) is 0 Å². The van der Waals surface area contributed by atoms with E-state index in [0.717, 1.165) is 13.3 Å². The van der Waals surface area contributed by atoms with Crippen molar-refractivity contribution in [2.75, 3.05) is 0 Å². The maximum atomic E-state index is 11.0. The average Bonchev–Trinajstić information content (AvgIpc) is 2.57. The fraction of sp³-hybridized carbons (Fsp3) is 0.900. The summed E-state index contributed by atoms with van der Waals surface area (Å²) in [5.74, 6) is -1.09. The van der Waals surface area contributed by atoms with Crippen LogP contribution in [0.2, 0.25) is 0 Å². The molecule has 5 heteroatoms. The summed E-state index contributed by atoms with van der Waals surface area (Å²) in [6, 6.07) is 0. The normalized spacial score (nSPS) is 10.1. The van der Waals surface area contributed by atoms with E-state index < -0.39 is 5.97 Å². The van der Waals surface area contributed by atoms with Crippen LogP contribution < -0.4 is 5.11 Å². The van der Waals surface area contributed by atoms with Gasteiger partial charge in [-0.2, -0.15) is 0 Å². The number of hydrogen-bond acceptors (Lipinski definition) is 4. The number of aliphatic carboxylic acids is 1.